The number of rotatable bonds is 4. The quantitative estimate of drug-likeness (QED) is 0.300. The standard InChI is InChI=1S/C18H16N2O6S3/c21-17-16(28-18(27)19(17)13-6-7-29(24,25)10-13)9-14-4-5-15(26-14)11-2-1-3-12(8-11)20(22)23/h1-5,8-9,13,24-25H,6-7,10H2. The molecule has 0 saturated carbocycles. The summed E-state index contributed by atoms with van der Waals surface area (Å²) in [6.07, 6.45) is 2.08. The Balaban J connectivity index is 1.55. The van der Waals surface area contributed by atoms with Crippen LogP contribution in [-0.4, -0.2) is 46.7 Å². The molecular weight excluding hydrogens is 436 g/mol. The van der Waals surface area contributed by atoms with Crippen molar-refractivity contribution in [3.63, 3.8) is 0 Å². The number of nitrogens with zero attached hydrogens (tertiary/aromatic N) is 2. The van der Waals surface area contributed by atoms with E-state index in [0.29, 0.717) is 32.7 Å². The Morgan fingerprint density at radius 2 is 2.14 bits per heavy atom. The number of carbonyl (C=O) groups is 1. The second-order valence-corrected chi connectivity index (χ2v) is 10.7. The van der Waals surface area contributed by atoms with Crippen LogP contribution in [0.1, 0.15) is 12.2 Å². The van der Waals surface area contributed by atoms with Gasteiger partial charge in [0, 0.05) is 29.5 Å². The first-order valence-electron chi connectivity index (χ1n) is 8.59. The average Bonchev–Trinajstić information content (AvgIpc) is 3.34. The lowest BCUT2D eigenvalue weighted by molar-refractivity contribution is -0.384. The zero-order valence-corrected chi connectivity index (χ0v) is 17.3. The maximum atomic E-state index is 12.8. The van der Waals surface area contributed by atoms with E-state index in [2.05, 4.69) is 0 Å². The molecule has 2 aliphatic heterocycles. The highest BCUT2D eigenvalue weighted by molar-refractivity contribution is 8.27. The van der Waals surface area contributed by atoms with Gasteiger partial charge < -0.3 is 4.42 Å². The first kappa shape index (κ1) is 20.1. The number of hydrogen-bond donors (Lipinski definition) is 2. The number of amides is 1. The minimum Gasteiger partial charge on any atom is -0.457 e. The highest BCUT2D eigenvalue weighted by atomic mass is 32.3. The Bertz CT molecular complexity index is 1050. The van der Waals surface area contributed by atoms with Crippen molar-refractivity contribution in [2.24, 2.45) is 0 Å². The van der Waals surface area contributed by atoms with Crippen LogP contribution in [-0.2, 0) is 4.79 Å². The second-order valence-electron chi connectivity index (χ2n) is 6.68. The molecule has 0 radical (unpaired) electrons. The number of benzene rings is 1. The van der Waals surface area contributed by atoms with Crippen molar-refractivity contribution in [1.82, 2.24) is 4.90 Å². The molecule has 0 bridgehead atoms. The third-order valence-corrected chi connectivity index (χ3v) is 7.81. The molecule has 1 amide bonds. The molecular formula is C18H16N2O6S3. The third kappa shape index (κ3) is 4.09. The number of thiocarbonyl (C=S) groups is 1. The van der Waals surface area contributed by atoms with Gasteiger partial charge >= 0.3 is 0 Å². The van der Waals surface area contributed by atoms with E-state index < -0.39 is 15.5 Å². The van der Waals surface area contributed by atoms with Gasteiger partial charge in [0.1, 0.15) is 15.8 Å². The van der Waals surface area contributed by atoms with Gasteiger partial charge in [0.05, 0.1) is 21.6 Å². The monoisotopic (exact) mass is 452 g/mol. The number of furan rings is 1. The van der Waals surface area contributed by atoms with Crippen LogP contribution in [0.15, 0.2) is 45.7 Å². The molecule has 3 heterocycles. The van der Waals surface area contributed by atoms with E-state index in [0.717, 1.165) is 11.8 Å². The summed E-state index contributed by atoms with van der Waals surface area (Å²) >= 11 is 6.46. The number of carbonyl (C=O) groups excluding carboxylic acids is 1. The van der Waals surface area contributed by atoms with Crippen LogP contribution < -0.4 is 0 Å². The summed E-state index contributed by atoms with van der Waals surface area (Å²) < 4.78 is 25.8. The van der Waals surface area contributed by atoms with Gasteiger partial charge in [-0.2, -0.15) is 10.6 Å². The maximum absolute atomic E-state index is 12.8. The molecule has 152 valence electrons. The molecule has 2 saturated heterocycles. The molecule has 0 aliphatic carbocycles. The van der Waals surface area contributed by atoms with Gasteiger partial charge in [0.15, 0.2) is 0 Å². The van der Waals surface area contributed by atoms with Gasteiger partial charge in [-0.25, -0.2) is 0 Å². The molecule has 29 heavy (non-hydrogen) atoms. The van der Waals surface area contributed by atoms with Crippen molar-refractivity contribution in [3.05, 3.63) is 57.2 Å². The van der Waals surface area contributed by atoms with Gasteiger partial charge in [-0.1, -0.05) is 36.1 Å². The topological polar surface area (TPSA) is 117 Å². The Hall–Kier alpha value is -2.18. The van der Waals surface area contributed by atoms with Crippen molar-refractivity contribution in [2.75, 3.05) is 11.5 Å². The normalized spacial score (nSPS) is 23.7. The van der Waals surface area contributed by atoms with E-state index in [9.17, 15) is 24.0 Å². The Kier molecular flexibility index (Phi) is 5.25. The fourth-order valence-corrected chi connectivity index (χ4v) is 6.41. The van der Waals surface area contributed by atoms with Crippen molar-refractivity contribution >= 4 is 56.6 Å². The van der Waals surface area contributed by atoms with Crippen LogP contribution >= 0.6 is 34.6 Å². The minimum atomic E-state index is -2.64. The molecule has 2 aromatic rings. The van der Waals surface area contributed by atoms with E-state index in [1.807, 2.05) is 0 Å². The highest BCUT2D eigenvalue weighted by Gasteiger charge is 2.42. The summed E-state index contributed by atoms with van der Waals surface area (Å²) in [5.74, 6) is 1.00. The van der Waals surface area contributed by atoms with E-state index >= 15 is 0 Å². The smallest absolute Gasteiger partial charge is 0.270 e. The molecule has 4 rings (SSSR count). The predicted octanol–water partition coefficient (Wildman–Crippen LogP) is 4.58. The van der Waals surface area contributed by atoms with Gasteiger partial charge in [-0.3, -0.25) is 28.9 Å². The third-order valence-electron chi connectivity index (χ3n) is 4.67. The molecule has 2 N–H and O–H groups in total. The maximum Gasteiger partial charge on any atom is 0.270 e. The summed E-state index contributed by atoms with van der Waals surface area (Å²) in [6, 6.07) is 9.14. The van der Waals surface area contributed by atoms with Crippen LogP contribution in [0.4, 0.5) is 5.69 Å². The number of nitro groups is 1. The van der Waals surface area contributed by atoms with Gasteiger partial charge in [-0.15, -0.1) is 0 Å². The van der Waals surface area contributed by atoms with E-state index in [1.165, 1.54) is 17.0 Å². The first-order valence-corrected chi connectivity index (χ1v) is 11.7. The molecule has 2 fully saturated rings. The Morgan fingerprint density at radius 3 is 2.83 bits per heavy atom. The van der Waals surface area contributed by atoms with Crippen LogP contribution in [0.5, 0.6) is 0 Å². The predicted molar refractivity (Wildman–Crippen MR) is 117 cm³/mol. The average molecular weight is 453 g/mol. The SMILES string of the molecule is O=C1C(=Cc2ccc(-c3cccc([N+](=O)[O-])c3)o2)SC(=S)N1C1CCS(O)(O)C1. The lowest BCUT2D eigenvalue weighted by atomic mass is 10.1. The highest BCUT2D eigenvalue weighted by Crippen LogP contribution is 2.49. The summed E-state index contributed by atoms with van der Waals surface area (Å²) in [5, 5.41) is 10.9. The molecule has 8 nitrogen and oxygen atoms in total. The van der Waals surface area contributed by atoms with Crippen molar-refractivity contribution < 1.29 is 23.2 Å². The second kappa shape index (κ2) is 7.58. The Labute approximate surface area is 177 Å². The van der Waals surface area contributed by atoms with Crippen LogP contribution in [0.3, 0.4) is 0 Å². The summed E-state index contributed by atoms with van der Waals surface area (Å²) in [4.78, 5) is 25.1. The van der Waals surface area contributed by atoms with Gasteiger partial charge in [0.25, 0.3) is 11.6 Å². The summed E-state index contributed by atoms with van der Waals surface area (Å²) in [5.41, 5.74) is 0.520. The van der Waals surface area contributed by atoms with E-state index in [4.69, 9.17) is 16.6 Å². The Morgan fingerprint density at radius 1 is 1.34 bits per heavy atom. The largest absolute Gasteiger partial charge is 0.457 e. The zero-order chi connectivity index (χ0) is 20.8. The minimum absolute atomic E-state index is 0.0381. The van der Waals surface area contributed by atoms with Gasteiger partial charge in [0.2, 0.25) is 0 Å². The van der Waals surface area contributed by atoms with Gasteiger partial charge in [-0.05, 0) is 18.6 Å². The van der Waals surface area contributed by atoms with E-state index in [-0.39, 0.29) is 29.1 Å². The zero-order valence-electron chi connectivity index (χ0n) is 14.9. The van der Waals surface area contributed by atoms with Crippen molar-refractivity contribution in [2.45, 2.75) is 12.5 Å². The number of thioether (sulfide) groups is 1. The number of non-ortho nitro benzene ring substituents is 1. The van der Waals surface area contributed by atoms with E-state index in [1.54, 1.807) is 30.3 Å². The van der Waals surface area contributed by atoms with Crippen molar-refractivity contribution in [3.8, 4) is 11.3 Å². The first-order chi connectivity index (χ1) is 13.7. The molecule has 0 spiro atoms. The fraction of sp³-hybridized carbons (Fsp3) is 0.222. The molecule has 1 atom stereocenters. The molecule has 1 aromatic heterocycles. The summed E-state index contributed by atoms with van der Waals surface area (Å²) in [6.45, 7) is 0. The molecule has 1 unspecified atom stereocenters. The van der Waals surface area contributed by atoms with Crippen LogP contribution in [0, 0.1) is 10.1 Å². The van der Waals surface area contributed by atoms with Crippen LogP contribution in [0.25, 0.3) is 17.4 Å². The number of hydrogen-bond acceptors (Lipinski definition) is 8. The fourth-order valence-electron chi connectivity index (χ4n) is 3.29. The molecule has 2 aliphatic rings. The molecule has 1 aromatic carbocycles. The summed E-state index contributed by atoms with van der Waals surface area (Å²) in [7, 11) is -2.64. The number of nitro benzene ring substituents is 1. The lowest BCUT2D eigenvalue weighted by Gasteiger charge is -2.28. The lowest BCUT2D eigenvalue weighted by Crippen LogP contribution is -2.39. The molecule has 11 heteroatoms. The van der Waals surface area contributed by atoms with Crippen LogP contribution in [0.2, 0.25) is 0 Å². The van der Waals surface area contributed by atoms with Crippen molar-refractivity contribution in [1.29, 1.82) is 0 Å².